The molecular weight excluding hydrogens is 303 g/mol. The molecule has 0 saturated carbocycles. The molecule has 1 amide bonds. The van der Waals surface area contributed by atoms with E-state index in [1.165, 1.54) is 12.1 Å². The van der Waals surface area contributed by atoms with Gasteiger partial charge in [-0.2, -0.15) is 0 Å². The van der Waals surface area contributed by atoms with E-state index in [1.807, 2.05) is 0 Å². The van der Waals surface area contributed by atoms with Crippen LogP contribution < -0.4 is 40.6 Å². The van der Waals surface area contributed by atoms with Crippen molar-refractivity contribution in [3.8, 4) is 0 Å². The van der Waals surface area contributed by atoms with E-state index in [-0.39, 0.29) is 40.4 Å². The van der Waals surface area contributed by atoms with Gasteiger partial charge in [0, 0.05) is 16.9 Å². The van der Waals surface area contributed by atoms with Gasteiger partial charge >= 0.3 is 29.6 Å². The van der Waals surface area contributed by atoms with E-state index in [2.05, 4.69) is 5.32 Å². The van der Waals surface area contributed by atoms with Gasteiger partial charge < -0.3 is 15.6 Å². The number of carbonyl (C=O) groups excluding carboxylic acids is 1. The number of hydrogen-bond acceptors (Lipinski definition) is 5. The van der Waals surface area contributed by atoms with E-state index in [0.29, 0.717) is 16.9 Å². The van der Waals surface area contributed by atoms with E-state index < -0.39 is 10.1 Å². The van der Waals surface area contributed by atoms with Crippen LogP contribution in [0.4, 0.5) is 11.4 Å². The molecular formula is C13H11N2NaO4S. The second-order valence-electron chi connectivity index (χ2n) is 4.05. The summed E-state index contributed by atoms with van der Waals surface area (Å²) in [5.74, 6) is -0.359. The molecule has 0 fully saturated rings. The molecule has 0 aromatic heterocycles. The molecule has 6 nitrogen and oxygen atoms in total. The van der Waals surface area contributed by atoms with Crippen molar-refractivity contribution in [3.05, 3.63) is 54.1 Å². The Balaban J connectivity index is 0.00000220. The van der Waals surface area contributed by atoms with Crippen molar-refractivity contribution in [1.82, 2.24) is 0 Å². The Hall–Kier alpha value is -1.38. The summed E-state index contributed by atoms with van der Waals surface area (Å²) in [6.07, 6.45) is 0. The van der Waals surface area contributed by atoms with Gasteiger partial charge in [-0.15, -0.1) is 0 Å². The first-order valence-electron chi connectivity index (χ1n) is 5.59. The van der Waals surface area contributed by atoms with Crippen molar-refractivity contribution in [2.75, 3.05) is 11.1 Å². The van der Waals surface area contributed by atoms with Crippen molar-refractivity contribution < 1.29 is 47.3 Å². The fraction of sp³-hybridized carbons (Fsp3) is 0. The van der Waals surface area contributed by atoms with Gasteiger partial charge in [0.1, 0.15) is 10.1 Å². The molecule has 0 radical (unpaired) electrons. The quantitative estimate of drug-likeness (QED) is 0.404. The largest absolute Gasteiger partial charge is 1.00 e. The minimum Gasteiger partial charge on any atom is -0.744 e. The predicted molar refractivity (Wildman–Crippen MR) is 73.2 cm³/mol. The van der Waals surface area contributed by atoms with E-state index in [0.717, 1.165) is 12.1 Å². The summed E-state index contributed by atoms with van der Waals surface area (Å²) in [5, 5.41) is 2.58. The third kappa shape index (κ3) is 4.83. The summed E-state index contributed by atoms with van der Waals surface area (Å²) in [4.78, 5) is 11.5. The molecule has 21 heavy (non-hydrogen) atoms. The average Bonchev–Trinajstić information content (AvgIpc) is 2.39. The van der Waals surface area contributed by atoms with Gasteiger partial charge in [0.25, 0.3) is 5.91 Å². The van der Waals surface area contributed by atoms with Crippen LogP contribution in [0.1, 0.15) is 10.4 Å². The van der Waals surface area contributed by atoms with E-state index in [4.69, 9.17) is 5.73 Å². The second kappa shape index (κ2) is 7.06. The Bertz CT molecular complexity index is 728. The van der Waals surface area contributed by atoms with Crippen molar-refractivity contribution in [3.63, 3.8) is 0 Å². The number of rotatable bonds is 3. The van der Waals surface area contributed by atoms with Gasteiger partial charge in [0.05, 0.1) is 4.90 Å². The number of anilines is 2. The topological polar surface area (TPSA) is 112 Å². The van der Waals surface area contributed by atoms with Crippen molar-refractivity contribution >= 4 is 27.4 Å². The van der Waals surface area contributed by atoms with Gasteiger partial charge in [-0.3, -0.25) is 4.79 Å². The summed E-state index contributed by atoms with van der Waals surface area (Å²) in [6, 6.07) is 11.3. The number of benzene rings is 2. The summed E-state index contributed by atoms with van der Waals surface area (Å²) in [5.41, 5.74) is 6.87. The normalized spacial score (nSPS) is 10.5. The van der Waals surface area contributed by atoms with E-state index >= 15 is 0 Å². The molecule has 2 aromatic rings. The molecule has 0 bridgehead atoms. The molecule has 0 spiro atoms. The Morgan fingerprint density at radius 1 is 1.00 bits per heavy atom. The first-order chi connectivity index (χ1) is 9.36. The zero-order chi connectivity index (χ0) is 14.8. The number of carbonyl (C=O) groups is 1. The van der Waals surface area contributed by atoms with Crippen molar-refractivity contribution in [2.45, 2.75) is 4.90 Å². The summed E-state index contributed by atoms with van der Waals surface area (Å²) in [7, 11) is -4.48. The monoisotopic (exact) mass is 314 g/mol. The smallest absolute Gasteiger partial charge is 0.744 e. The Labute approximate surface area is 144 Å². The summed E-state index contributed by atoms with van der Waals surface area (Å²) < 4.78 is 32.3. The van der Waals surface area contributed by atoms with Crippen molar-refractivity contribution in [2.24, 2.45) is 0 Å². The molecule has 0 unspecified atom stereocenters. The number of amides is 1. The minimum absolute atomic E-state index is 0. The number of nitrogens with two attached hydrogens (primary N) is 1. The van der Waals surface area contributed by atoms with E-state index in [1.54, 1.807) is 24.3 Å². The van der Waals surface area contributed by atoms with Gasteiger partial charge in [0.15, 0.2) is 0 Å². The third-order valence-corrected chi connectivity index (χ3v) is 3.42. The first kappa shape index (κ1) is 17.7. The zero-order valence-electron chi connectivity index (χ0n) is 11.2. The van der Waals surface area contributed by atoms with Gasteiger partial charge in [-0.05, 0) is 48.5 Å². The van der Waals surface area contributed by atoms with Crippen LogP contribution in [-0.4, -0.2) is 18.9 Å². The van der Waals surface area contributed by atoms with Crippen LogP contribution in [0.2, 0.25) is 0 Å². The molecule has 0 aliphatic carbocycles. The molecule has 2 rings (SSSR count). The first-order valence-corrected chi connectivity index (χ1v) is 7.00. The molecule has 3 N–H and O–H groups in total. The maximum atomic E-state index is 11.9. The van der Waals surface area contributed by atoms with Crippen LogP contribution in [0.3, 0.4) is 0 Å². The van der Waals surface area contributed by atoms with Gasteiger partial charge in [-0.25, -0.2) is 8.42 Å². The molecule has 0 saturated heterocycles. The molecule has 104 valence electrons. The van der Waals surface area contributed by atoms with Crippen LogP contribution in [0.15, 0.2) is 53.4 Å². The maximum Gasteiger partial charge on any atom is 1.00 e. The van der Waals surface area contributed by atoms with Gasteiger partial charge in [0.2, 0.25) is 0 Å². The second-order valence-corrected chi connectivity index (χ2v) is 5.43. The Morgan fingerprint density at radius 2 is 1.52 bits per heavy atom. The Kier molecular flexibility index (Phi) is 5.94. The van der Waals surface area contributed by atoms with Crippen LogP contribution >= 0.6 is 0 Å². The van der Waals surface area contributed by atoms with Crippen LogP contribution in [0.5, 0.6) is 0 Å². The van der Waals surface area contributed by atoms with E-state index in [9.17, 15) is 17.8 Å². The molecule has 2 aromatic carbocycles. The fourth-order valence-corrected chi connectivity index (χ4v) is 2.01. The molecule has 0 aliphatic heterocycles. The maximum absolute atomic E-state index is 11.9. The third-order valence-electron chi connectivity index (χ3n) is 2.57. The van der Waals surface area contributed by atoms with Crippen LogP contribution in [-0.2, 0) is 10.1 Å². The fourth-order valence-electron chi connectivity index (χ4n) is 1.54. The number of nitrogens with one attached hydrogen (secondary N) is 1. The minimum atomic E-state index is -4.48. The molecule has 0 heterocycles. The predicted octanol–water partition coefficient (Wildman–Crippen LogP) is -1.57. The molecule has 8 heteroatoms. The molecule has 0 aliphatic rings. The SMILES string of the molecule is Nc1ccc(C(=O)Nc2ccc(S(=O)(=O)[O-])cc2)cc1.[Na+]. The zero-order valence-corrected chi connectivity index (χ0v) is 14.1. The van der Waals surface area contributed by atoms with Gasteiger partial charge in [-0.1, -0.05) is 0 Å². The van der Waals surface area contributed by atoms with Crippen LogP contribution in [0.25, 0.3) is 0 Å². The Morgan fingerprint density at radius 3 is 2.00 bits per heavy atom. The molecule has 0 atom stereocenters. The number of hydrogen-bond donors (Lipinski definition) is 2. The van der Waals surface area contributed by atoms with Crippen LogP contribution in [0, 0.1) is 0 Å². The summed E-state index contributed by atoms with van der Waals surface area (Å²) >= 11 is 0. The standard InChI is InChI=1S/C13H12N2O4S.Na/c14-10-3-1-9(2-4-10)13(16)15-11-5-7-12(8-6-11)20(17,18)19;/h1-8H,14H2,(H,15,16)(H,17,18,19);/q;+1/p-1. The number of nitrogen functional groups attached to an aromatic ring is 1. The van der Waals surface area contributed by atoms with Crippen molar-refractivity contribution in [1.29, 1.82) is 0 Å². The summed E-state index contributed by atoms with van der Waals surface area (Å²) in [6.45, 7) is 0. The average molecular weight is 314 g/mol.